The minimum Gasteiger partial charge on any atom is -0.394 e. The lowest BCUT2D eigenvalue weighted by molar-refractivity contribution is -0.112. The number of rotatable bonds is 5. The van der Waals surface area contributed by atoms with Crippen molar-refractivity contribution in [3.05, 3.63) is 0 Å². The summed E-state index contributed by atoms with van der Waals surface area (Å²) in [7, 11) is 0. The second-order valence-electron chi connectivity index (χ2n) is 5.70. The van der Waals surface area contributed by atoms with Crippen molar-refractivity contribution in [2.75, 3.05) is 19.8 Å². The molecule has 0 aromatic rings. The number of nitrogens with two attached hydrogens (primary N) is 1. The van der Waals surface area contributed by atoms with E-state index in [2.05, 4.69) is 13.8 Å². The Balaban J connectivity index is 2.46. The fraction of sp³-hybridized carbons (Fsp3) is 1.00. The number of hydrogen-bond acceptors (Lipinski definition) is 4. The van der Waals surface area contributed by atoms with Crippen molar-refractivity contribution in [3.63, 3.8) is 0 Å². The van der Waals surface area contributed by atoms with Crippen molar-refractivity contribution in [1.29, 1.82) is 0 Å². The van der Waals surface area contributed by atoms with Crippen LogP contribution in [0.1, 0.15) is 39.5 Å². The van der Waals surface area contributed by atoms with E-state index in [1.807, 2.05) is 0 Å². The summed E-state index contributed by atoms with van der Waals surface area (Å²) in [4.78, 5) is 0. The molecule has 1 saturated carbocycles. The van der Waals surface area contributed by atoms with E-state index in [0.717, 1.165) is 25.7 Å². The maximum absolute atomic E-state index is 9.29. The maximum atomic E-state index is 9.29. The third-order valence-corrected chi connectivity index (χ3v) is 3.68. The SMILES string of the molecule is CC1(C)CCC(CN)(OCC(O)CO)CC1. The quantitative estimate of drug-likeness (QED) is 0.649. The fourth-order valence-electron chi connectivity index (χ4n) is 2.12. The first-order valence-corrected chi connectivity index (χ1v) is 6.06. The van der Waals surface area contributed by atoms with Crippen molar-refractivity contribution in [3.8, 4) is 0 Å². The predicted octanol–water partition coefficient (Wildman–Crippen LogP) is 0.654. The van der Waals surface area contributed by atoms with E-state index < -0.39 is 6.10 Å². The minimum absolute atomic E-state index is 0.175. The molecule has 1 atom stereocenters. The van der Waals surface area contributed by atoms with Gasteiger partial charge in [0.15, 0.2) is 0 Å². The molecule has 96 valence electrons. The van der Waals surface area contributed by atoms with Gasteiger partial charge in [0.25, 0.3) is 0 Å². The third-order valence-electron chi connectivity index (χ3n) is 3.68. The summed E-state index contributed by atoms with van der Waals surface area (Å²) < 4.78 is 5.73. The van der Waals surface area contributed by atoms with Gasteiger partial charge in [-0.15, -0.1) is 0 Å². The Kier molecular flexibility index (Phi) is 4.73. The summed E-state index contributed by atoms with van der Waals surface area (Å²) in [6.07, 6.45) is 3.28. The minimum atomic E-state index is -0.793. The Labute approximate surface area is 97.8 Å². The molecule has 0 aliphatic heterocycles. The number of aliphatic hydroxyl groups excluding tert-OH is 2. The molecule has 0 saturated heterocycles. The van der Waals surface area contributed by atoms with Crippen LogP contribution in [0, 0.1) is 5.41 Å². The molecule has 4 N–H and O–H groups in total. The van der Waals surface area contributed by atoms with Gasteiger partial charge in [0.2, 0.25) is 0 Å². The van der Waals surface area contributed by atoms with Gasteiger partial charge >= 0.3 is 0 Å². The molecule has 1 fully saturated rings. The van der Waals surface area contributed by atoms with E-state index in [9.17, 15) is 5.11 Å². The molecule has 1 aliphatic carbocycles. The lowest BCUT2D eigenvalue weighted by Crippen LogP contribution is -2.47. The highest BCUT2D eigenvalue weighted by Gasteiger charge is 2.38. The zero-order chi connectivity index (χ0) is 12.2. The highest BCUT2D eigenvalue weighted by atomic mass is 16.5. The largest absolute Gasteiger partial charge is 0.394 e. The lowest BCUT2D eigenvalue weighted by atomic mass is 9.71. The van der Waals surface area contributed by atoms with Crippen LogP contribution in [0.4, 0.5) is 0 Å². The van der Waals surface area contributed by atoms with Crippen LogP contribution in [0.5, 0.6) is 0 Å². The first-order chi connectivity index (χ1) is 7.43. The van der Waals surface area contributed by atoms with Crippen LogP contribution in [0.2, 0.25) is 0 Å². The standard InChI is InChI=1S/C12H25NO3/c1-11(2)3-5-12(9-13,6-4-11)16-8-10(15)7-14/h10,14-15H,3-9,13H2,1-2H3. The summed E-state index contributed by atoms with van der Waals surface area (Å²) in [5, 5.41) is 18.0. The van der Waals surface area contributed by atoms with E-state index in [1.165, 1.54) is 0 Å². The van der Waals surface area contributed by atoms with Crippen molar-refractivity contribution in [1.82, 2.24) is 0 Å². The normalized spacial score (nSPS) is 25.3. The molecular formula is C12H25NO3. The topological polar surface area (TPSA) is 75.7 Å². The van der Waals surface area contributed by atoms with E-state index in [-0.39, 0.29) is 18.8 Å². The molecule has 0 heterocycles. The van der Waals surface area contributed by atoms with E-state index in [1.54, 1.807) is 0 Å². The molecule has 16 heavy (non-hydrogen) atoms. The molecule has 0 aromatic heterocycles. The summed E-state index contributed by atoms with van der Waals surface area (Å²) >= 11 is 0. The fourth-order valence-corrected chi connectivity index (χ4v) is 2.12. The molecule has 0 radical (unpaired) electrons. The first-order valence-electron chi connectivity index (χ1n) is 6.06. The highest BCUT2D eigenvalue weighted by Crippen LogP contribution is 2.41. The Morgan fingerprint density at radius 3 is 2.25 bits per heavy atom. The second kappa shape index (κ2) is 5.45. The smallest absolute Gasteiger partial charge is 0.100 e. The maximum Gasteiger partial charge on any atom is 0.100 e. The van der Waals surface area contributed by atoms with Crippen LogP contribution in [0.3, 0.4) is 0 Å². The van der Waals surface area contributed by atoms with Crippen LogP contribution >= 0.6 is 0 Å². The molecule has 0 aromatic carbocycles. The van der Waals surface area contributed by atoms with Crippen LogP contribution in [-0.4, -0.2) is 41.7 Å². The van der Waals surface area contributed by atoms with Crippen molar-refractivity contribution in [2.24, 2.45) is 11.1 Å². The van der Waals surface area contributed by atoms with E-state index in [4.69, 9.17) is 15.6 Å². The van der Waals surface area contributed by atoms with Crippen LogP contribution in [0.15, 0.2) is 0 Å². The summed E-state index contributed by atoms with van der Waals surface area (Å²) in [5.41, 5.74) is 5.87. The number of hydrogen-bond donors (Lipinski definition) is 3. The molecule has 0 spiro atoms. The van der Waals surface area contributed by atoms with Gasteiger partial charge in [-0.3, -0.25) is 0 Å². The van der Waals surface area contributed by atoms with Crippen molar-refractivity contribution < 1.29 is 14.9 Å². The third kappa shape index (κ3) is 3.70. The van der Waals surface area contributed by atoms with Gasteiger partial charge < -0.3 is 20.7 Å². The second-order valence-corrected chi connectivity index (χ2v) is 5.70. The Morgan fingerprint density at radius 2 is 1.81 bits per heavy atom. The molecule has 1 rings (SSSR count). The Morgan fingerprint density at radius 1 is 1.25 bits per heavy atom. The Bertz CT molecular complexity index is 208. The molecule has 0 amide bonds. The summed E-state index contributed by atoms with van der Waals surface area (Å²) in [5.74, 6) is 0. The lowest BCUT2D eigenvalue weighted by Gasteiger charge is -2.43. The Hall–Kier alpha value is -0.160. The van der Waals surface area contributed by atoms with Crippen molar-refractivity contribution in [2.45, 2.75) is 51.2 Å². The summed E-state index contributed by atoms with van der Waals surface area (Å²) in [6.45, 7) is 4.92. The predicted molar refractivity (Wildman–Crippen MR) is 63.1 cm³/mol. The molecule has 4 heteroatoms. The van der Waals surface area contributed by atoms with E-state index >= 15 is 0 Å². The number of aliphatic hydroxyl groups is 2. The average molecular weight is 231 g/mol. The van der Waals surface area contributed by atoms with Gasteiger partial charge in [0.05, 0.1) is 18.8 Å². The van der Waals surface area contributed by atoms with Crippen molar-refractivity contribution >= 4 is 0 Å². The summed E-state index contributed by atoms with van der Waals surface area (Å²) in [6, 6.07) is 0. The van der Waals surface area contributed by atoms with Gasteiger partial charge in [-0.25, -0.2) is 0 Å². The molecule has 0 bridgehead atoms. The monoisotopic (exact) mass is 231 g/mol. The highest BCUT2D eigenvalue weighted by molar-refractivity contribution is 4.91. The van der Waals surface area contributed by atoms with Gasteiger partial charge in [-0.1, -0.05) is 13.8 Å². The first kappa shape index (κ1) is 13.9. The average Bonchev–Trinajstić information content (AvgIpc) is 2.28. The van der Waals surface area contributed by atoms with Gasteiger partial charge in [-0.05, 0) is 31.1 Å². The van der Waals surface area contributed by atoms with E-state index in [0.29, 0.717) is 12.0 Å². The van der Waals surface area contributed by atoms with Crippen LogP contribution in [-0.2, 0) is 4.74 Å². The molecule has 4 nitrogen and oxygen atoms in total. The van der Waals surface area contributed by atoms with Crippen LogP contribution < -0.4 is 5.73 Å². The zero-order valence-corrected chi connectivity index (χ0v) is 10.4. The molecule has 1 aliphatic rings. The van der Waals surface area contributed by atoms with Gasteiger partial charge in [0.1, 0.15) is 6.10 Å². The van der Waals surface area contributed by atoms with Gasteiger partial charge in [0, 0.05) is 6.54 Å². The van der Waals surface area contributed by atoms with Crippen LogP contribution in [0.25, 0.3) is 0 Å². The molecular weight excluding hydrogens is 206 g/mol. The molecule has 1 unspecified atom stereocenters. The zero-order valence-electron chi connectivity index (χ0n) is 10.4. The van der Waals surface area contributed by atoms with Gasteiger partial charge in [-0.2, -0.15) is 0 Å². The number of ether oxygens (including phenoxy) is 1.